The largest absolute Gasteiger partial charge is 0.497 e. The van der Waals surface area contributed by atoms with Crippen LogP contribution in [-0.2, 0) is 16.6 Å². The van der Waals surface area contributed by atoms with Crippen LogP contribution < -0.4 is 4.74 Å². The smallest absolute Gasteiger partial charge is 0.243 e. The lowest BCUT2D eigenvalue weighted by Gasteiger charge is -2.18. The van der Waals surface area contributed by atoms with Crippen LogP contribution in [0.2, 0.25) is 10.0 Å². The van der Waals surface area contributed by atoms with Gasteiger partial charge < -0.3 is 4.74 Å². The summed E-state index contributed by atoms with van der Waals surface area (Å²) in [6.45, 7) is 0.133. The Morgan fingerprint density at radius 2 is 1.73 bits per heavy atom. The Balaban J connectivity index is 2.26. The van der Waals surface area contributed by atoms with Crippen molar-refractivity contribution in [2.24, 2.45) is 0 Å². The molecule has 4 nitrogen and oxygen atoms in total. The molecule has 0 saturated heterocycles. The molecule has 0 atom stereocenters. The van der Waals surface area contributed by atoms with Crippen molar-refractivity contribution in [1.82, 2.24) is 4.31 Å². The average Bonchev–Trinajstić information content (AvgIpc) is 2.51. The van der Waals surface area contributed by atoms with Gasteiger partial charge in [-0.05, 0) is 35.9 Å². The Morgan fingerprint density at radius 1 is 1.09 bits per heavy atom. The number of hydrogen-bond acceptors (Lipinski definition) is 3. The number of benzene rings is 2. The lowest BCUT2D eigenvalue weighted by molar-refractivity contribution is 0.414. The summed E-state index contributed by atoms with van der Waals surface area (Å²) in [5.74, 6) is 0.597. The Bertz CT molecular complexity index is 761. The predicted molar refractivity (Wildman–Crippen MR) is 88.1 cm³/mol. The molecule has 7 heteroatoms. The first-order valence-electron chi connectivity index (χ1n) is 6.39. The summed E-state index contributed by atoms with van der Waals surface area (Å²) in [7, 11) is -0.594. The van der Waals surface area contributed by atoms with Gasteiger partial charge in [0.15, 0.2) is 0 Å². The van der Waals surface area contributed by atoms with Crippen LogP contribution in [0.5, 0.6) is 5.75 Å². The second kappa shape index (κ2) is 6.87. The molecule has 0 aromatic heterocycles. The summed E-state index contributed by atoms with van der Waals surface area (Å²) in [5.41, 5.74) is 0.647. The van der Waals surface area contributed by atoms with Gasteiger partial charge in [-0.3, -0.25) is 0 Å². The van der Waals surface area contributed by atoms with Gasteiger partial charge in [0, 0.05) is 13.6 Å². The van der Waals surface area contributed by atoms with Crippen LogP contribution in [0.15, 0.2) is 47.4 Å². The number of ether oxygens (including phenoxy) is 1. The number of halogens is 2. The normalized spacial score (nSPS) is 11.7. The first-order valence-corrected chi connectivity index (χ1v) is 8.59. The van der Waals surface area contributed by atoms with E-state index in [-0.39, 0.29) is 11.4 Å². The quantitative estimate of drug-likeness (QED) is 0.814. The summed E-state index contributed by atoms with van der Waals surface area (Å²) in [4.78, 5) is 0.189. The molecule has 0 amide bonds. The van der Waals surface area contributed by atoms with Crippen LogP contribution in [0.25, 0.3) is 0 Å². The van der Waals surface area contributed by atoms with Gasteiger partial charge in [0.25, 0.3) is 0 Å². The number of methoxy groups -OCH3 is 1. The van der Waals surface area contributed by atoms with Crippen LogP contribution >= 0.6 is 23.2 Å². The van der Waals surface area contributed by atoms with Crippen LogP contribution in [-0.4, -0.2) is 26.9 Å². The maximum Gasteiger partial charge on any atom is 0.243 e. The predicted octanol–water partition coefficient (Wildman–Crippen LogP) is 3.82. The third kappa shape index (κ3) is 3.55. The van der Waals surface area contributed by atoms with Crippen molar-refractivity contribution in [3.8, 4) is 5.75 Å². The monoisotopic (exact) mass is 359 g/mol. The lowest BCUT2D eigenvalue weighted by atomic mass is 10.2. The zero-order valence-electron chi connectivity index (χ0n) is 12.1. The zero-order chi connectivity index (χ0) is 16.3. The van der Waals surface area contributed by atoms with Gasteiger partial charge in [0.05, 0.1) is 22.1 Å². The van der Waals surface area contributed by atoms with Gasteiger partial charge in [0.1, 0.15) is 5.75 Å². The third-order valence-electron chi connectivity index (χ3n) is 3.19. The van der Waals surface area contributed by atoms with E-state index in [0.29, 0.717) is 21.4 Å². The molecule has 0 radical (unpaired) electrons. The van der Waals surface area contributed by atoms with Crippen LogP contribution in [0.4, 0.5) is 0 Å². The van der Waals surface area contributed by atoms with E-state index in [0.717, 1.165) is 0 Å². The molecule has 0 bridgehead atoms. The van der Waals surface area contributed by atoms with E-state index in [1.54, 1.807) is 30.3 Å². The number of rotatable bonds is 5. The van der Waals surface area contributed by atoms with Crippen molar-refractivity contribution >= 4 is 33.2 Å². The standard InChI is InChI=1S/C15H15Cl2NO3S/c1-18(10-11-4-3-5-14(16)15(11)17)22(19,20)13-8-6-12(21-2)7-9-13/h3-9H,10H2,1-2H3. The van der Waals surface area contributed by atoms with E-state index >= 15 is 0 Å². The highest BCUT2D eigenvalue weighted by molar-refractivity contribution is 7.89. The van der Waals surface area contributed by atoms with Gasteiger partial charge in [0.2, 0.25) is 10.0 Å². The van der Waals surface area contributed by atoms with Crippen molar-refractivity contribution in [3.05, 3.63) is 58.1 Å². The minimum Gasteiger partial charge on any atom is -0.497 e. The summed E-state index contributed by atoms with van der Waals surface area (Å²) in [6, 6.07) is 11.4. The fourth-order valence-electron chi connectivity index (χ4n) is 1.92. The topological polar surface area (TPSA) is 46.6 Å². The molecule has 0 unspecified atom stereocenters. The minimum absolute atomic E-state index is 0.133. The lowest BCUT2D eigenvalue weighted by Crippen LogP contribution is -2.26. The molecular formula is C15H15Cl2NO3S. The fraction of sp³-hybridized carbons (Fsp3) is 0.200. The molecule has 0 aliphatic rings. The molecule has 0 N–H and O–H groups in total. The number of sulfonamides is 1. The summed E-state index contributed by atoms with van der Waals surface area (Å²) in [5, 5.41) is 0.760. The first-order chi connectivity index (χ1) is 10.4. The van der Waals surface area contributed by atoms with Crippen molar-refractivity contribution < 1.29 is 13.2 Å². The van der Waals surface area contributed by atoms with E-state index in [1.807, 2.05) is 0 Å². The molecule has 0 saturated carbocycles. The summed E-state index contributed by atoms with van der Waals surface area (Å²) in [6.07, 6.45) is 0. The molecule has 22 heavy (non-hydrogen) atoms. The second-order valence-corrected chi connectivity index (χ2v) is 7.48. The Labute approximate surface area is 140 Å². The molecule has 0 aliphatic carbocycles. The molecule has 2 aromatic rings. The Kier molecular flexibility index (Phi) is 5.34. The summed E-state index contributed by atoms with van der Waals surface area (Å²) < 4.78 is 31.3. The Hall–Kier alpha value is -1.27. The minimum atomic E-state index is -3.62. The highest BCUT2D eigenvalue weighted by atomic mass is 35.5. The van der Waals surface area contributed by atoms with Gasteiger partial charge in [-0.2, -0.15) is 4.31 Å². The van der Waals surface area contributed by atoms with Crippen molar-refractivity contribution in [2.75, 3.05) is 14.2 Å². The van der Waals surface area contributed by atoms with E-state index < -0.39 is 10.0 Å². The highest BCUT2D eigenvalue weighted by Gasteiger charge is 2.22. The van der Waals surface area contributed by atoms with Crippen LogP contribution in [0.1, 0.15) is 5.56 Å². The fourth-order valence-corrected chi connectivity index (χ4v) is 3.45. The van der Waals surface area contributed by atoms with Crippen LogP contribution in [0.3, 0.4) is 0 Å². The van der Waals surface area contributed by atoms with Crippen molar-refractivity contribution in [2.45, 2.75) is 11.4 Å². The Morgan fingerprint density at radius 3 is 2.32 bits per heavy atom. The second-order valence-electron chi connectivity index (χ2n) is 4.65. The molecule has 0 fully saturated rings. The van der Waals surface area contributed by atoms with E-state index in [9.17, 15) is 8.42 Å². The van der Waals surface area contributed by atoms with Gasteiger partial charge in [-0.25, -0.2) is 8.42 Å². The van der Waals surface area contributed by atoms with Gasteiger partial charge >= 0.3 is 0 Å². The maximum atomic E-state index is 12.5. The molecule has 0 spiro atoms. The number of hydrogen-bond donors (Lipinski definition) is 0. The molecule has 2 rings (SSSR count). The first kappa shape index (κ1) is 17.1. The SMILES string of the molecule is COc1ccc(S(=O)(=O)N(C)Cc2cccc(Cl)c2Cl)cc1. The van der Waals surface area contributed by atoms with Crippen molar-refractivity contribution in [3.63, 3.8) is 0 Å². The van der Waals surface area contributed by atoms with Gasteiger partial charge in [-0.1, -0.05) is 35.3 Å². The molecule has 2 aromatic carbocycles. The van der Waals surface area contributed by atoms with Crippen molar-refractivity contribution in [1.29, 1.82) is 0 Å². The van der Waals surface area contributed by atoms with E-state index in [1.165, 1.54) is 30.6 Å². The zero-order valence-corrected chi connectivity index (χ0v) is 14.4. The average molecular weight is 360 g/mol. The summed E-state index contributed by atoms with van der Waals surface area (Å²) >= 11 is 12.1. The molecule has 0 aliphatic heterocycles. The molecule has 0 heterocycles. The number of nitrogens with zero attached hydrogens (tertiary/aromatic N) is 1. The van der Waals surface area contributed by atoms with Gasteiger partial charge in [-0.15, -0.1) is 0 Å². The van der Waals surface area contributed by atoms with E-state index in [4.69, 9.17) is 27.9 Å². The highest BCUT2D eigenvalue weighted by Crippen LogP contribution is 2.28. The maximum absolute atomic E-state index is 12.5. The molecular weight excluding hydrogens is 345 g/mol. The third-order valence-corrected chi connectivity index (χ3v) is 5.87. The van der Waals surface area contributed by atoms with E-state index in [2.05, 4.69) is 0 Å². The van der Waals surface area contributed by atoms with Crippen LogP contribution in [0, 0.1) is 0 Å². The molecule has 118 valence electrons.